The molecule has 0 saturated heterocycles. The highest BCUT2D eigenvalue weighted by molar-refractivity contribution is 5.59. The highest BCUT2D eigenvalue weighted by atomic mass is 19.1. The van der Waals surface area contributed by atoms with Crippen LogP contribution in [0.15, 0.2) is 24.3 Å². The standard InChI is InChI=1S/C11H11FN4O2/c1-7-5-11(14-15(7)2)13-10-4-3-8(16(17)18)6-9(10)12/h3-6H,1-2H3,(H,13,14). The number of rotatable bonds is 3. The summed E-state index contributed by atoms with van der Waals surface area (Å²) >= 11 is 0. The fourth-order valence-electron chi connectivity index (χ4n) is 1.48. The molecule has 94 valence electrons. The molecule has 1 aromatic heterocycles. The van der Waals surface area contributed by atoms with Crippen LogP contribution in [0.25, 0.3) is 0 Å². The van der Waals surface area contributed by atoms with Crippen molar-refractivity contribution >= 4 is 17.2 Å². The molecule has 0 bridgehead atoms. The number of halogens is 1. The summed E-state index contributed by atoms with van der Waals surface area (Å²) in [6, 6.07) is 5.18. The highest BCUT2D eigenvalue weighted by Gasteiger charge is 2.11. The number of aryl methyl sites for hydroxylation is 2. The van der Waals surface area contributed by atoms with Crippen molar-refractivity contribution in [3.63, 3.8) is 0 Å². The van der Waals surface area contributed by atoms with Crippen molar-refractivity contribution < 1.29 is 9.31 Å². The Kier molecular flexibility index (Phi) is 2.97. The first-order valence-corrected chi connectivity index (χ1v) is 5.19. The molecule has 0 atom stereocenters. The molecule has 0 unspecified atom stereocenters. The number of non-ortho nitro benzene ring substituents is 1. The molecule has 1 aromatic carbocycles. The molecular weight excluding hydrogens is 239 g/mol. The van der Waals surface area contributed by atoms with E-state index < -0.39 is 10.7 Å². The summed E-state index contributed by atoms with van der Waals surface area (Å²) in [6.07, 6.45) is 0. The Morgan fingerprint density at radius 1 is 1.44 bits per heavy atom. The Balaban J connectivity index is 2.27. The third-order valence-electron chi connectivity index (χ3n) is 2.54. The first-order valence-electron chi connectivity index (χ1n) is 5.19. The number of aromatic nitrogens is 2. The molecular formula is C11H11FN4O2. The number of benzene rings is 1. The summed E-state index contributed by atoms with van der Waals surface area (Å²) in [5, 5.41) is 17.4. The van der Waals surface area contributed by atoms with E-state index in [4.69, 9.17) is 0 Å². The maximum atomic E-state index is 13.6. The van der Waals surface area contributed by atoms with Gasteiger partial charge in [-0.2, -0.15) is 5.10 Å². The van der Waals surface area contributed by atoms with Crippen molar-refractivity contribution in [3.05, 3.63) is 45.9 Å². The second kappa shape index (κ2) is 4.44. The lowest BCUT2D eigenvalue weighted by atomic mass is 10.2. The van der Waals surface area contributed by atoms with Crippen molar-refractivity contribution in [2.24, 2.45) is 7.05 Å². The molecule has 2 rings (SSSR count). The Morgan fingerprint density at radius 2 is 2.17 bits per heavy atom. The highest BCUT2D eigenvalue weighted by Crippen LogP contribution is 2.23. The summed E-state index contributed by atoms with van der Waals surface area (Å²) in [5.74, 6) is -0.199. The molecule has 0 aliphatic carbocycles. The quantitative estimate of drug-likeness (QED) is 0.671. The number of nitrogens with zero attached hydrogens (tertiary/aromatic N) is 3. The molecule has 0 aliphatic heterocycles. The fourth-order valence-corrected chi connectivity index (χ4v) is 1.48. The van der Waals surface area contributed by atoms with E-state index in [1.54, 1.807) is 17.8 Å². The minimum Gasteiger partial charge on any atom is -0.336 e. The van der Waals surface area contributed by atoms with Gasteiger partial charge in [0.25, 0.3) is 5.69 Å². The normalized spacial score (nSPS) is 10.4. The van der Waals surface area contributed by atoms with Crippen molar-refractivity contribution in [1.29, 1.82) is 0 Å². The van der Waals surface area contributed by atoms with E-state index in [1.807, 2.05) is 6.92 Å². The maximum Gasteiger partial charge on any atom is 0.272 e. The third-order valence-corrected chi connectivity index (χ3v) is 2.54. The van der Waals surface area contributed by atoms with E-state index in [2.05, 4.69) is 10.4 Å². The number of anilines is 2. The Hall–Kier alpha value is -2.44. The van der Waals surface area contributed by atoms with Crippen LogP contribution >= 0.6 is 0 Å². The number of hydrogen-bond acceptors (Lipinski definition) is 4. The van der Waals surface area contributed by atoms with Crippen molar-refractivity contribution in [3.8, 4) is 0 Å². The zero-order chi connectivity index (χ0) is 13.3. The molecule has 0 amide bonds. The van der Waals surface area contributed by atoms with Gasteiger partial charge in [0, 0.05) is 24.9 Å². The van der Waals surface area contributed by atoms with Gasteiger partial charge in [-0.15, -0.1) is 0 Å². The molecule has 6 nitrogen and oxygen atoms in total. The Labute approximate surface area is 102 Å². The van der Waals surface area contributed by atoms with Gasteiger partial charge >= 0.3 is 0 Å². The third kappa shape index (κ3) is 2.29. The van der Waals surface area contributed by atoms with Gasteiger partial charge in [0.1, 0.15) is 0 Å². The van der Waals surface area contributed by atoms with Gasteiger partial charge in [-0.1, -0.05) is 0 Å². The van der Waals surface area contributed by atoms with Crippen LogP contribution in [0.4, 0.5) is 21.6 Å². The summed E-state index contributed by atoms with van der Waals surface area (Å²) < 4.78 is 15.2. The molecule has 0 fully saturated rings. The summed E-state index contributed by atoms with van der Waals surface area (Å²) in [7, 11) is 1.77. The van der Waals surface area contributed by atoms with Crippen LogP contribution in [-0.2, 0) is 7.05 Å². The van der Waals surface area contributed by atoms with E-state index in [9.17, 15) is 14.5 Å². The minimum absolute atomic E-state index is 0.152. The zero-order valence-corrected chi connectivity index (χ0v) is 9.85. The second-order valence-corrected chi connectivity index (χ2v) is 3.84. The molecule has 1 heterocycles. The van der Waals surface area contributed by atoms with E-state index in [0.717, 1.165) is 11.8 Å². The van der Waals surface area contributed by atoms with Gasteiger partial charge in [0.2, 0.25) is 0 Å². The first-order chi connectivity index (χ1) is 8.47. The van der Waals surface area contributed by atoms with Crippen LogP contribution in [-0.4, -0.2) is 14.7 Å². The molecule has 7 heteroatoms. The molecule has 0 saturated carbocycles. The van der Waals surface area contributed by atoms with Gasteiger partial charge in [-0.05, 0) is 13.0 Å². The maximum absolute atomic E-state index is 13.6. The lowest BCUT2D eigenvalue weighted by molar-refractivity contribution is -0.385. The van der Waals surface area contributed by atoms with Crippen molar-refractivity contribution in [2.45, 2.75) is 6.92 Å². The van der Waals surface area contributed by atoms with E-state index in [0.29, 0.717) is 5.82 Å². The van der Waals surface area contributed by atoms with Gasteiger partial charge < -0.3 is 5.32 Å². The average molecular weight is 250 g/mol. The van der Waals surface area contributed by atoms with Crippen molar-refractivity contribution in [1.82, 2.24) is 9.78 Å². The fraction of sp³-hybridized carbons (Fsp3) is 0.182. The summed E-state index contributed by atoms with van der Waals surface area (Å²) in [5.41, 5.74) is 0.786. The molecule has 2 aromatic rings. The molecule has 0 radical (unpaired) electrons. The predicted molar refractivity (Wildman–Crippen MR) is 64.3 cm³/mol. The van der Waals surface area contributed by atoms with E-state index in [-0.39, 0.29) is 11.4 Å². The van der Waals surface area contributed by atoms with E-state index in [1.165, 1.54) is 12.1 Å². The first kappa shape index (κ1) is 12.0. The Morgan fingerprint density at radius 3 is 2.67 bits per heavy atom. The van der Waals surface area contributed by atoms with Crippen LogP contribution in [0.3, 0.4) is 0 Å². The van der Waals surface area contributed by atoms with Gasteiger partial charge in [0.15, 0.2) is 11.6 Å². The average Bonchev–Trinajstić information content (AvgIpc) is 2.61. The predicted octanol–water partition coefficient (Wildman–Crippen LogP) is 2.52. The lowest BCUT2D eigenvalue weighted by Crippen LogP contribution is -1.97. The number of nitro groups is 1. The smallest absolute Gasteiger partial charge is 0.272 e. The largest absolute Gasteiger partial charge is 0.336 e. The Bertz CT molecular complexity index is 590. The van der Waals surface area contributed by atoms with Gasteiger partial charge in [-0.3, -0.25) is 14.8 Å². The SMILES string of the molecule is Cc1cc(Nc2ccc([N+](=O)[O-])cc2F)nn1C. The van der Waals surface area contributed by atoms with Crippen LogP contribution in [0.5, 0.6) is 0 Å². The second-order valence-electron chi connectivity index (χ2n) is 3.84. The topological polar surface area (TPSA) is 73.0 Å². The monoisotopic (exact) mass is 250 g/mol. The van der Waals surface area contributed by atoms with Crippen LogP contribution in [0.1, 0.15) is 5.69 Å². The van der Waals surface area contributed by atoms with Crippen LogP contribution in [0, 0.1) is 22.9 Å². The minimum atomic E-state index is -0.687. The number of hydrogen-bond donors (Lipinski definition) is 1. The lowest BCUT2D eigenvalue weighted by Gasteiger charge is -2.03. The molecule has 1 N–H and O–H groups in total. The summed E-state index contributed by atoms with van der Waals surface area (Å²) in [6.45, 7) is 1.87. The summed E-state index contributed by atoms with van der Waals surface area (Å²) in [4.78, 5) is 9.83. The van der Waals surface area contributed by atoms with Crippen LogP contribution in [0.2, 0.25) is 0 Å². The molecule has 0 spiro atoms. The van der Waals surface area contributed by atoms with Gasteiger partial charge in [0.05, 0.1) is 16.7 Å². The molecule has 0 aliphatic rings. The van der Waals surface area contributed by atoms with Crippen molar-refractivity contribution in [2.75, 3.05) is 5.32 Å². The number of nitrogens with one attached hydrogen (secondary N) is 1. The number of nitro benzene ring substituents is 1. The van der Waals surface area contributed by atoms with Crippen LogP contribution < -0.4 is 5.32 Å². The van der Waals surface area contributed by atoms with Gasteiger partial charge in [-0.25, -0.2) is 4.39 Å². The molecule has 18 heavy (non-hydrogen) atoms. The van der Waals surface area contributed by atoms with E-state index >= 15 is 0 Å². The zero-order valence-electron chi connectivity index (χ0n) is 9.85.